The van der Waals surface area contributed by atoms with E-state index in [0.717, 1.165) is 111 Å². The van der Waals surface area contributed by atoms with Crippen molar-refractivity contribution in [3.63, 3.8) is 0 Å². The van der Waals surface area contributed by atoms with Gasteiger partial charge in [0, 0.05) is 85.8 Å². The zero-order chi connectivity index (χ0) is 77.2. The number of aromatic nitrogens is 8. The van der Waals surface area contributed by atoms with E-state index in [1.807, 2.05) is 277 Å². The average molecular weight is 1560 g/mol. The Bertz CT molecular complexity index is 5750. The minimum absolute atomic E-state index is 0.000674. The second kappa shape index (κ2) is 36.5. The van der Waals surface area contributed by atoms with Crippen molar-refractivity contribution in [3.8, 4) is 5.40 Å². The summed E-state index contributed by atoms with van der Waals surface area (Å²) in [6, 6.07) is 103. The van der Waals surface area contributed by atoms with E-state index in [9.17, 15) is 19.2 Å². The van der Waals surface area contributed by atoms with Crippen molar-refractivity contribution < 1.29 is 19.2 Å². The van der Waals surface area contributed by atoms with Gasteiger partial charge in [0.2, 0.25) is 23.1 Å². The van der Waals surface area contributed by atoms with E-state index in [0.29, 0.717) is 45.0 Å². The summed E-state index contributed by atoms with van der Waals surface area (Å²) < 4.78 is 0.931. The fourth-order valence-corrected chi connectivity index (χ4v) is 15.0. The normalized spacial score (nSPS) is 12.0. The Morgan fingerprint density at radius 1 is 0.315 bits per heavy atom. The fraction of sp³-hybridized carbons (Fsp3) is 0.105. The molecule has 8 aromatic heterocycles. The van der Waals surface area contributed by atoms with Crippen LogP contribution >= 0.6 is 39.5 Å². The van der Waals surface area contributed by atoms with Gasteiger partial charge in [-0.2, -0.15) is 5.26 Å². The molecule has 13 nitrogen and oxygen atoms in total. The van der Waals surface area contributed by atoms with E-state index < -0.39 is 0 Å². The smallest absolute Gasteiger partial charge is 0.209 e. The van der Waals surface area contributed by atoms with Gasteiger partial charge >= 0.3 is 0 Å². The lowest BCUT2D eigenvalue weighted by molar-refractivity contribution is 0.102. The molecule has 16 heteroatoms. The maximum atomic E-state index is 12.9. The number of thioether (sulfide) groups is 2. The Kier molecular flexibility index (Phi) is 25.2. The molecule has 8 aromatic carbocycles. The number of carbonyl (C=O) groups excluding carboxylic acids is 4. The molecule has 0 aliphatic carbocycles. The molecule has 8 heterocycles. The van der Waals surface area contributed by atoms with Crippen molar-refractivity contribution in [2.75, 3.05) is 5.75 Å². The van der Waals surface area contributed by atoms with Gasteiger partial charge in [0.1, 0.15) is 5.40 Å². The number of carbonyl (C=O) groups is 4. The Hall–Kier alpha value is -12.7. The van der Waals surface area contributed by atoms with E-state index in [4.69, 9.17) is 5.26 Å². The molecule has 550 valence electrons. The Morgan fingerprint density at radius 2 is 0.595 bits per heavy atom. The highest BCUT2D eigenvalue weighted by Gasteiger charge is 2.27. The van der Waals surface area contributed by atoms with Crippen LogP contribution in [0.25, 0.3) is 0 Å². The van der Waals surface area contributed by atoms with Crippen LogP contribution in [0.5, 0.6) is 0 Å². The summed E-state index contributed by atoms with van der Waals surface area (Å²) >= 11 is 6.38. The number of aryl methyl sites for hydroxylation is 4. The van der Waals surface area contributed by atoms with Gasteiger partial charge in [-0.3, -0.25) is 19.2 Å². The van der Waals surface area contributed by atoms with Gasteiger partial charge in [0.15, 0.2) is 0 Å². The van der Waals surface area contributed by atoms with Crippen molar-refractivity contribution in [1.29, 1.82) is 5.26 Å². The molecule has 0 amide bonds. The van der Waals surface area contributed by atoms with Gasteiger partial charge in [0.25, 0.3) is 0 Å². The first-order chi connectivity index (χ1) is 54.1. The number of aromatic amines is 8. The summed E-state index contributed by atoms with van der Waals surface area (Å²) in [7, 11) is 0. The van der Waals surface area contributed by atoms with E-state index in [1.165, 1.54) is 11.1 Å². The van der Waals surface area contributed by atoms with Gasteiger partial charge in [0.05, 0.1) is 61.1 Å². The highest BCUT2D eigenvalue weighted by Crippen LogP contribution is 2.37. The predicted octanol–water partition coefficient (Wildman–Crippen LogP) is 22.7. The van der Waals surface area contributed by atoms with E-state index in [2.05, 4.69) is 141 Å². The summed E-state index contributed by atoms with van der Waals surface area (Å²) in [5.74, 6) is 0.962. The summed E-state index contributed by atoms with van der Waals surface area (Å²) in [4.78, 5) is 78.3. The molecule has 16 rings (SSSR count). The number of rotatable bonds is 23. The molecule has 0 saturated carbocycles. The number of ketones is 4. The molecule has 4 atom stereocenters. The number of halogens is 1. The molecule has 111 heavy (non-hydrogen) atoms. The van der Waals surface area contributed by atoms with Crippen LogP contribution in [0, 0.1) is 38.4 Å². The van der Waals surface area contributed by atoms with Crippen molar-refractivity contribution in [1.82, 2.24) is 39.9 Å². The zero-order valence-electron chi connectivity index (χ0n) is 61.9. The first-order valence-corrected chi connectivity index (χ1v) is 39.2. The molecule has 0 radical (unpaired) electrons. The summed E-state index contributed by atoms with van der Waals surface area (Å²) in [6.45, 7) is 10.2. The van der Waals surface area contributed by atoms with Crippen LogP contribution in [-0.2, 0) is 0 Å². The van der Waals surface area contributed by atoms with Gasteiger partial charge in [-0.25, -0.2) is 0 Å². The molecule has 0 fully saturated rings. The molecule has 0 aliphatic rings. The van der Waals surface area contributed by atoms with E-state index in [1.54, 1.807) is 11.8 Å². The van der Waals surface area contributed by atoms with Crippen molar-refractivity contribution in [3.05, 3.63) is 461 Å². The SMILES string of the molecule is CCSc1ccc(C(c2ccccc2)c2ccc(C(=O)c3ccc(C)cc3)[nH]2)[nH]1.Cc1ccc(C(=O)c2ccc(C(c3ccccc3)c3ccc(Br)[nH]3)[nH]2)cc1.Cc1ccc(C(=O)c2ccc(C(c3ccccc3)c3ccc(SC#N)[nH]3)[nH]2)cc1.Cc1ccc(C(=O)c2ccc(C(c3ccccc3)c3ccc[nH]3)[nH]2)cc1. The molecular weight excluding hydrogens is 1480 g/mol. The van der Waals surface area contributed by atoms with Crippen LogP contribution in [0.4, 0.5) is 0 Å². The lowest BCUT2D eigenvalue weighted by Gasteiger charge is -2.15. The molecule has 0 spiro atoms. The Balaban J connectivity index is 0.000000130. The highest BCUT2D eigenvalue weighted by atomic mass is 79.9. The summed E-state index contributed by atoms with van der Waals surface area (Å²) in [6.07, 6.45) is 1.92. The number of nitrogens with one attached hydrogen (secondary N) is 8. The quantitative estimate of drug-likeness (QED) is 0.0176. The summed E-state index contributed by atoms with van der Waals surface area (Å²) in [5, 5.41) is 13.0. The Labute approximate surface area is 663 Å². The first kappa shape index (κ1) is 76.5. The molecule has 8 N–H and O–H groups in total. The second-order valence-electron chi connectivity index (χ2n) is 27.0. The second-order valence-corrected chi connectivity index (χ2v) is 30.0. The van der Waals surface area contributed by atoms with Gasteiger partial charge < -0.3 is 39.9 Å². The molecule has 0 aliphatic heterocycles. The topological polar surface area (TPSA) is 218 Å². The monoisotopic (exact) mass is 1560 g/mol. The van der Waals surface area contributed by atoms with Crippen LogP contribution in [0.15, 0.2) is 336 Å². The van der Waals surface area contributed by atoms with Gasteiger partial charge in [-0.15, -0.1) is 11.8 Å². The predicted molar refractivity (Wildman–Crippen MR) is 450 cm³/mol. The number of thiocyanates is 1. The van der Waals surface area contributed by atoms with Crippen molar-refractivity contribution in [2.45, 2.75) is 68.3 Å². The number of nitrogens with zero attached hydrogens (tertiary/aromatic N) is 1. The van der Waals surface area contributed by atoms with Crippen LogP contribution in [-0.4, -0.2) is 68.8 Å². The van der Waals surface area contributed by atoms with Crippen LogP contribution in [0.3, 0.4) is 0 Å². The third kappa shape index (κ3) is 19.1. The molecule has 0 bridgehead atoms. The van der Waals surface area contributed by atoms with Crippen molar-refractivity contribution in [2.24, 2.45) is 0 Å². The minimum Gasteiger partial charge on any atom is -0.364 e. The third-order valence-corrected chi connectivity index (χ3v) is 21.1. The van der Waals surface area contributed by atoms with Crippen LogP contribution in [0.1, 0.15) is 185 Å². The number of benzene rings is 8. The molecule has 4 unspecified atom stereocenters. The van der Waals surface area contributed by atoms with Crippen molar-refractivity contribution >= 4 is 62.6 Å². The largest absolute Gasteiger partial charge is 0.364 e. The maximum absolute atomic E-state index is 12.9. The van der Waals surface area contributed by atoms with E-state index in [-0.39, 0.29) is 46.8 Å². The lowest BCUT2D eigenvalue weighted by Crippen LogP contribution is -2.06. The standard InChI is InChI=1S/C25H24N2OS.C24H19N3OS.C23H19BrN2O.C23H20N2O/c1-3-29-23-16-15-21(27-23)24(18-7-5-4-6-8-18)20-13-14-22(26-20)25(28)19-11-9-17(2)10-12-19;1-16-7-9-18(10-8-16)24(28)21-12-11-19(26-21)23(17-5-3-2-4-6-17)20-13-14-22(27-20)29-15-25;1-15-7-9-17(10-8-15)23(27)20-12-11-18(25-20)22(16-5-3-2-4-6-16)19-13-14-21(24)26-19;1-16-9-11-18(12-10-16)23(26)21-14-13-20(25-21)22(19-8-5-15-24-19)17-6-3-2-4-7-17/h4-16,24,26-27H,3H2,1-2H3;2-14,23,26-27H,1H3;2-14,22,25-26H,1H3;2-15,22,24-25H,1H3. The minimum atomic E-state index is -0.0937. The zero-order valence-corrected chi connectivity index (χ0v) is 65.1. The molecule has 0 saturated heterocycles. The lowest BCUT2D eigenvalue weighted by atomic mass is 9.93. The van der Waals surface area contributed by atoms with Crippen LogP contribution < -0.4 is 0 Å². The number of hydrogen-bond acceptors (Lipinski definition) is 7. The number of nitriles is 1. The summed E-state index contributed by atoms with van der Waals surface area (Å²) in [5.41, 5.74) is 22.4. The molecule has 16 aromatic rings. The number of hydrogen-bond donors (Lipinski definition) is 8. The van der Waals surface area contributed by atoms with E-state index >= 15 is 0 Å². The number of H-pyrrole nitrogens is 8. The van der Waals surface area contributed by atoms with Gasteiger partial charge in [-0.1, -0.05) is 248 Å². The first-order valence-electron chi connectivity index (χ1n) is 36.6. The van der Waals surface area contributed by atoms with Crippen LogP contribution in [0.2, 0.25) is 0 Å². The fourth-order valence-electron chi connectivity index (χ4n) is 13.5. The Morgan fingerprint density at radius 3 is 0.883 bits per heavy atom. The molecular formula is C95H82BrN9O4S2. The highest BCUT2D eigenvalue weighted by molar-refractivity contribution is 9.10. The maximum Gasteiger partial charge on any atom is 0.209 e. The third-order valence-electron chi connectivity index (χ3n) is 19.2. The average Bonchev–Trinajstić information content (AvgIpc) is 1.69. The van der Waals surface area contributed by atoms with Gasteiger partial charge in [-0.05, 0) is 169 Å².